The van der Waals surface area contributed by atoms with E-state index < -0.39 is 0 Å². The first-order valence-corrected chi connectivity index (χ1v) is 27.6. The summed E-state index contributed by atoms with van der Waals surface area (Å²) in [6, 6.07) is 115. The normalized spacial score (nSPS) is 11.5. The molecule has 0 saturated heterocycles. The highest BCUT2D eigenvalue weighted by atomic mass is 15.1. The lowest BCUT2D eigenvalue weighted by molar-refractivity contribution is 1.18. The fourth-order valence-electron chi connectivity index (χ4n) is 12.4. The zero-order valence-corrected chi connectivity index (χ0v) is 43.9. The summed E-state index contributed by atoms with van der Waals surface area (Å²) in [5.41, 5.74) is 21.3. The standard InChI is InChI=1S/C78H52N2/c1-3-17-60(18-4-1)77-70-24-9-11-26-72(70)78(73-27-12-10-25-71(73)77)61-42-49-66(50-43-61)79(65-47-40-56(41-48-65)54-34-36-59(37-35-54)68-28-15-19-58-16-7-8-22-67(58)68)64-45-38-55(39-46-64)53-30-32-57(33-31-53)62-44-51-76-74(52-62)69-23-13-14-29-75(69)80(76)63-20-5-2-6-21-63/h1-52H. The van der Waals surface area contributed by atoms with Crippen LogP contribution in [0.3, 0.4) is 0 Å². The van der Waals surface area contributed by atoms with Gasteiger partial charge in [0.05, 0.1) is 11.0 Å². The number of hydrogen-bond donors (Lipinski definition) is 0. The predicted octanol–water partition coefficient (Wildman–Crippen LogP) is 21.7. The number of aromatic nitrogens is 1. The largest absolute Gasteiger partial charge is 0.311 e. The van der Waals surface area contributed by atoms with Gasteiger partial charge in [0.1, 0.15) is 0 Å². The van der Waals surface area contributed by atoms with Crippen molar-refractivity contribution in [2.45, 2.75) is 0 Å². The van der Waals surface area contributed by atoms with Crippen molar-refractivity contribution >= 4 is 71.2 Å². The van der Waals surface area contributed by atoms with Crippen LogP contribution < -0.4 is 4.90 Å². The molecule has 0 aliphatic rings. The number of fused-ring (bicyclic) bond motifs is 6. The van der Waals surface area contributed by atoms with Crippen LogP contribution in [0.1, 0.15) is 0 Å². The Kier molecular flexibility index (Phi) is 11.6. The van der Waals surface area contributed by atoms with Crippen molar-refractivity contribution in [3.63, 3.8) is 0 Å². The lowest BCUT2D eigenvalue weighted by Gasteiger charge is -2.26. The first-order chi connectivity index (χ1) is 39.7. The van der Waals surface area contributed by atoms with E-state index in [9.17, 15) is 0 Å². The summed E-state index contributed by atoms with van der Waals surface area (Å²) in [5.74, 6) is 0. The van der Waals surface area contributed by atoms with Gasteiger partial charge in [-0.05, 0) is 166 Å². The van der Waals surface area contributed by atoms with Crippen LogP contribution in [0, 0.1) is 0 Å². The summed E-state index contributed by atoms with van der Waals surface area (Å²) >= 11 is 0. The van der Waals surface area contributed by atoms with Gasteiger partial charge < -0.3 is 9.47 Å². The molecule has 0 spiro atoms. The highest BCUT2D eigenvalue weighted by Crippen LogP contribution is 2.45. The molecule has 0 aliphatic heterocycles. The number of anilines is 3. The second-order valence-corrected chi connectivity index (χ2v) is 20.8. The van der Waals surface area contributed by atoms with E-state index in [4.69, 9.17) is 0 Å². The Hall–Kier alpha value is -10.5. The summed E-state index contributed by atoms with van der Waals surface area (Å²) in [4.78, 5) is 2.38. The highest BCUT2D eigenvalue weighted by molar-refractivity contribution is 6.21. The van der Waals surface area contributed by atoms with Crippen LogP contribution in [0.5, 0.6) is 0 Å². The molecular formula is C78H52N2. The zero-order chi connectivity index (χ0) is 52.9. The summed E-state index contributed by atoms with van der Waals surface area (Å²) in [5, 5.41) is 10.0. The quantitative estimate of drug-likeness (QED) is 0.124. The van der Waals surface area contributed by atoms with E-state index in [1.807, 2.05) is 0 Å². The summed E-state index contributed by atoms with van der Waals surface area (Å²) in [7, 11) is 0. The summed E-state index contributed by atoms with van der Waals surface area (Å²) < 4.78 is 2.37. The van der Waals surface area contributed by atoms with Crippen molar-refractivity contribution in [2.75, 3.05) is 4.90 Å². The molecule has 374 valence electrons. The van der Waals surface area contributed by atoms with E-state index in [2.05, 4.69) is 325 Å². The molecule has 15 aromatic rings. The molecule has 0 saturated carbocycles. The Bertz CT molecular complexity index is 4690. The smallest absolute Gasteiger partial charge is 0.0541 e. The van der Waals surface area contributed by atoms with Crippen LogP contribution in [0.25, 0.3) is 127 Å². The maximum absolute atomic E-state index is 2.38. The molecule has 0 amide bonds. The number of nitrogens with zero attached hydrogens (tertiary/aromatic N) is 2. The molecule has 0 radical (unpaired) electrons. The Labute approximate surface area is 466 Å². The van der Waals surface area contributed by atoms with Crippen LogP contribution in [0.4, 0.5) is 17.1 Å². The van der Waals surface area contributed by atoms with Gasteiger partial charge in [-0.3, -0.25) is 0 Å². The molecule has 80 heavy (non-hydrogen) atoms. The number of para-hydroxylation sites is 2. The second-order valence-electron chi connectivity index (χ2n) is 20.8. The van der Waals surface area contributed by atoms with Gasteiger partial charge in [-0.15, -0.1) is 0 Å². The average Bonchev–Trinajstić information content (AvgIpc) is 3.95. The molecule has 0 unspecified atom stereocenters. The van der Waals surface area contributed by atoms with Gasteiger partial charge in [0, 0.05) is 33.5 Å². The Morgan fingerprint density at radius 2 is 0.575 bits per heavy atom. The lowest BCUT2D eigenvalue weighted by Crippen LogP contribution is -2.09. The maximum atomic E-state index is 2.38. The molecule has 0 aliphatic carbocycles. The van der Waals surface area contributed by atoms with E-state index >= 15 is 0 Å². The van der Waals surface area contributed by atoms with Gasteiger partial charge in [0.15, 0.2) is 0 Å². The van der Waals surface area contributed by atoms with E-state index in [1.165, 1.54) is 121 Å². The van der Waals surface area contributed by atoms with Crippen LogP contribution in [0.2, 0.25) is 0 Å². The van der Waals surface area contributed by atoms with Crippen molar-refractivity contribution in [3.05, 3.63) is 315 Å². The van der Waals surface area contributed by atoms with Crippen molar-refractivity contribution in [1.29, 1.82) is 0 Å². The number of rotatable bonds is 10. The maximum Gasteiger partial charge on any atom is 0.0541 e. The van der Waals surface area contributed by atoms with E-state index in [0.29, 0.717) is 0 Å². The fourth-order valence-corrected chi connectivity index (χ4v) is 12.4. The van der Waals surface area contributed by atoms with Crippen molar-refractivity contribution in [3.8, 4) is 72.4 Å². The minimum absolute atomic E-state index is 1.08. The van der Waals surface area contributed by atoms with Crippen molar-refractivity contribution < 1.29 is 0 Å². The van der Waals surface area contributed by atoms with E-state index in [-0.39, 0.29) is 0 Å². The molecule has 0 fully saturated rings. The average molecular weight is 1020 g/mol. The third-order valence-corrected chi connectivity index (χ3v) is 16.2. The molecule has 2 nitrogen and oxygen atoms in total. The molecular weight excluding hydrogens is 965 g/mol. The first kappa shape index (κ1) is 46.7. The summed E-state index contributed by atoms with van der Waals surface area (Å²) in [6.45, 7) is 0. The fraction of sp³-hybridized carbons (Fsp3) is 0. The van der Waals surface area contributed by atoms with Crippen LogP contribution in [-0.4, -0.2) is 4.57 Å². The van der Waals surface area contributed by atoms with Gasteiger partial charge in [-0.25, -0.2) is 0 Å². The molecule has 0 N–H and O–H groups in total. The van der Waals surface area contributed by atoms with Crippen molar-refractivity contribution in [2.24, 2.45) is 0 Å². The molecule has 2 heteroatoms. The molecule has 1 aromatic heterocycles. The molecule has 1 heterocycles. The van der Waals surface area contributed by atoms with Gasteiger partial charge >= 0.3 is 0 Å². The number of benzene rings is 14. The van der Waals surface area contributed by atoms with Gasteiger partial charge in [-0.1, -0.05) is 249 Å². The van der Waals surface area contributed by atoms with Gasteiger partial charge in [0.25, 0.3) is 0 Å². The summed E-state index contributed by atoms with van der Waals surface area (Å²) in [6.07, 6.45) is 0. The highest BCUT2D eigenvalue weighted by Gasteiger charge is 2.19. The van der Waals surface area contributed by atoms with Gasteiger partial charge in [0.2, 0.25) is 0 Å². The van der Waals surface area contributed by atoms with E-state index in [0.717, 1.165) is 22.6 Å². The molecule has 15 rings (SSSR count). The third kappa shape index (κ3) is 8.21. The first-order valence-electron chi connectivity index (χ1n) is 27.6. The minimum Gasteiger partial charge on any atom is -0.311 e. The second kappa shape index (κ2) is 19.8. The molecule has 14 aromatic carbocycles. The SMILES string of the molecule is c1ccc(-c2c3ccccc3c(-c3ccc(N(c4ccc(-c5ccc(-c6ccc7c(c6)c6ccccc6n7-c6ccccc6)cc5)cc4)c4ccc(-c5ccc(-c6cccc7ccccc67)cc5)cc4)cc3)c3ccccc23)cc1. The third-order valence-electron chi connectivity index (χ3n) is 16.2. The van der Waals surface area contributed by atoms with Crippen molar-refractivity contribution in [1.82, 2.24) is 4.57 Å². The van der Waals surface area contributed by atoms with E-state index in [1.54, 1.807) is 0 Å². The predicted molar refractivity (Wildman–Crippen MR) is 341 cm³/mol. The van der Waals surface area contributed by atoms with Crippen LogP contribution >= 0.6 is 0 Å². The van der Waals surface area contributed by atoms with Gasteiger partial charge in [-0.2, -0.15) is 0 Å². The Balaban J connectivity index is 0.777. The van der Waals surface area contributed by atoms with Crippen LogP contribution in [-0.2, 0) is 0 Å². The molecule has 0 atom stereocenters. The Morgan fingerprint density at radius 1 is 0.212 bits per heavy atom. The number of hydrogen-bond acceptors (Lipinski definition) is 1. The molecule has 0 bridgehead atoms. The Morgan fingerprint density at radius 3 is 1.11 bits per heavy atom. The zero-order valence-electron chi connectivity index (χ0n) is 43.9. The van der Waals surface area contributed by atoms with Crippen LogP contribution in [0.15, 0.2) is 315 Å². The minimum atomic E-state index is 1.08. The topological polar surface area (TPSA) is 8.17 Å². The lowest BCUT2D eigenvalue weighted by atomic mass is 9.86. The monoisotopic (exact) mass is 1020 g/mol.